The van der Waals surface area contributed by atoms with Gasteiger partial charge in [-0.3, -0.25) is 0 Å². The third-order valence-electron chi connectivity index (χ3n) is 3.34. The maximum absolute atomic E-state index is 13.9. The summed E-state index contributed by atoms with van der Waals surface area (Å²) in [5.41, 5.74) is 1.62. The molecule has 1 aromatic rings. The highest BCUT2D eigenvalue weighted by molar-refractivity contribution is 5.31. The van der Waals surface area contributed by atoms with Crippen LogP contribution in [-0.2, 0) is 0 Å². The lowest BCUT2D eigenvalue weighted by Crippen LogP contribution is -2.24. The molecule has 0 amide bonds. The molecule has 0 spiro atoms. The molecule has 1 unspecified atom stereocenters. The van der Waals surface area contributed by atoms with Crippen molar-refractivity contribution in [3.8, 4) is 0 Å². The summed E-state index contributed by atoms with van der Waals surface area (Å²) in [5, 5.41) is 3.32. The van der Waals surface area contributed by atoms with E-state index in [0.29, 0.717) is 5.56 Å². The number of halogens is 2. The molecule has 1 aliphatic rings. The number of allylic oxidation sites excluding steroid dienone is 1. The molecule has 98 valence electrons. The van der Waals surface area contributed by atoms with Crippen molar-refractivity contribution in [2.24, 2.45) is 0 Å². The number of nitrogens with one attached hydrogen (secondary N) is 1. The van der Waals surface area contributed by atoms with Gasteiger partial charge in [-0.05, 0) is 38.3 Å². The number of benzene rings is 1. The first kappa shape index (κ1) is 13.2. The number of rotatable bonds is 5. The molecule has 0 bridgehead atoms. The predicted octanol–water partition coefficient (Wildman–Crippen LogP) is 4.12. The first-order valence-corrected chi connectivity index (χ1v) is 6.60. The van der Waals surface area contributed by atoms with Crippen LogP contribution in [0.4, 0.5) is 8.78 Å². The lowest BCUT2D eigenvalue weighted by Gasteiger charge is -2.21. The smallest absolute Gasteiger partial charge is 0.163 e. The van der Waals surface area contributed by atoms with Gasteiger partial charge in [0.25, 0.3) is 0 Å². The molecule has 0 saturated heterocycles. The van der Waals surface area contributed by atoms with E-state index in [4.69, 9.17) is 0 Å². The van der Waals surface area contributed by atoms with Gasteiger partial charge in [0.05, 0.1) is 6.04 Å². The van der Waals surface area contributed by atoms with E-state index in [-0.39, 0.29) is 6.04 Å². The second-order valence-corrected chi connectivity index (χ2v) is 4.70. The van der Waals surface area contributed by atoms with Crippen molar-refractivity contribution < 1.29 is 8.78 Å². The molecular formula is C15H19F2N. The van der Waals surface area contributed by atoms with Crippen LogP contribution in [0.5, 0.6) is 0 Å². The predicted molar refractivity (Wildman–Crippen MR) is 69.3 cm³/mol. The molecule has 3 heteroatoms. The van der Waals surface area contributed by atoms with Gasteiger partial charge in [-0.25, -0.2) is 8.78 Å². The minimum atomic E-state index is -0.769. The Labute approximate surface area is 107 Å². The average molecular weight is 251 g/mol. The van der Waals surface area contributed by atoms with E-state index in [0.717, 1.165) is 32.2 Å². The van der Waals surface area contributed by atoms with Gasteiger partial charge in [0.2, 0.25) is 0 Å². The maximum atomic E-state index is 13.9. The van der Waals surface area contributed by atoms with E-state index in [9.17, 15) is 8.78 Å². The van der Waals surface area contributed by atoms with Crippen LogP contribution in [0.3, 0.4) is 0 Å². The highest BCUT2D eigenvalue weighted by Crippen LogP contribution is 2.32. The molecule has 0 aliphatic heterocycles. The van der Waals surface area contributed by atoms with Crippen LogP contribution in [0.15, 0.2) is 29.8 Å². The minimum Gasteiger partial charge on any atom is -0.306 e. The zero-order chi connectivity index (χ0) is 13.0. The van der Waals surface area contributed by atoms with Crippen LogP contribution < -0.4 is 5.32 Å². The Kier molecular flexibility index (Phi) is 4.48. The van der Waals surface area contributed by atoms with E-state index in [1.165, 1.54) is 11.6 Å². The Morgan fingerprint density at radius 1 is 1.33 bits per heavy atom. The molecule has 0 fully saturated rings. The van der Waals surface area contributed by atoms with Crippen LogP contribution in [-0.4, -0.2) is 6.54 Å². The third-order valence-corrected chi connectivity index (χ3v) is 3.34. The molecule has 0 heterocycles. The Morgan fingerprint density at radius 3 is 2.83 bits per heavy atom. The molecule has 1 atom stereocenters. The fourth-order valence-corrected chi connectivity index (χ4v) is 2.43. The summed E-state index contributed by atoms with van der Waals surface area (Å²) < 4.78 is 27.2. The molecule has 1 aromatic carbocycles. The van der Waals surface area contributed by atoms with Crippen LogP contribution in [0, 0.1) is 11.6 Å². The standard InChI is InChI=1S/C15H19F2N/c1-2-10-18-15(11-6-3-4-7-11)12-8-5-9-13(16)14(12)17/h5-6,8-9,15,18H,2-4,7,10H2,1H3. The summed E-state index contributed by atoms with van der Waals surface area (Å²) in [7, 11) is 0. The summed E-state index contributed by atoms with van der Waals surface area (Å²) in [6, 6.07) is 4.23. The van der Waals surface area contributed by atoms with Gasteiger partial charge in [0, 0.05) is 5.56 Å². The van der Waals surface area contributed by atoms with Gasteiger partial charge in [0.15, 0.2) is 11.6 Å². The van der Waals surface area contributed by atoms with Gasteiger partial charge in [-0.2, -0.15) is 0 Å². The van der Waals surface area contributed by atoms with E-state index in [1.54, 1.807) is 12.1 Å². The zero-order valence-corrected chi connectivity index (χ0v) is 10.7. The lowest BCUT2D eigenvalue weighted by atomic mass is 9.97. The number of hydrogen-bond acceptors (Lipinski definition) is 1. The van der Waals surface area contributed by atoms with Crippen molar-refractivity contribution >= 4 is 0 Å². The Morgan fingerprint density at radius 2 is 2.17 bits per heavy atom. The van der Waals surface area contributed by atoms with Crippen LogP contribution in [0.1, 0.15) is 44.2 Å². The SMILES string of the molecule is CCCNC(C1=CCCC1)c1cccc(F)c1F. The summed E-state index contributed by atoms with van der Waals surface area (Å²) in [5.74, 6) is -1.49. The molecule has 18 heavy (non-hydrogen) atoms. The van der Waals surface area contributed by atoms with Gasteiger partial charge in [-0.15, -0.1) is 0 Å². The molecule has 1 N–H and O–H groups in total. The van der Waals surface area contributed by atoms with Crippen molar-refractivity contribution in [2.75, 3.05) is 6.54 Å². The van der Waals surface area contributed by atoms with Gasteiger partial charge >= 0.3 is 0 Å². The van der Waals surface area contributed by atoms with Crippen molar-refractivity contribution in [3.63, 3.8) is 0 Å². The van der Waals surface area contributed by atoms with Crippen LogP contribution in [0.25, 0.3) is 0 Å². The van der Waals surface area contributed by atoms with E-state index < -0.39 is 11.6 Å². The first-order chi connectivity index (χ1) is 8.74. The van der Waals surface area contributed by atoms with E-state index >= 15 is 0 Å². The largest absolute Gasteiger partial charge is 0.306 e. The van der Waals surface area contributed by atoms with Crippen LogP contribution in [0.2, 0.25) is 0 Å². The lowest BCUT2D eigenvalue weighted by molar-refractivity contribution is 0.476. The quantitative estimate of drug-likeness (QED) is 0.776. The average Bonchev–Trinajstić information content (AvgIpc) is 2.88. The second-order valence-electron chi connectivity index (χ2n) is 4.70. The molecule has 0 radical (unpaired) electrons. The van der Waals surface area contributed by atoms with Crippen molar-refractivity contribution in [2.45, 2.75) is 38.6 Å². The Balaban J connectivity index is 2.30. The normalized spacial score (nSPS) is 16.7. The fourth-order valence-electron chi connectivity index (χ4n) is 2.43. The molecule has 2 rings (SSSR count). The highest BCUT2D eigenvalue weighted by atomic mass is 19.2. The first-order valence-electron chi connectivity index (χ1n) is 6.60. The fraction of sp³-hybridized carbons (Fsp3) is 0.467. The Hall–Kier alpha value is -1.22. The Bertz CT molecular complexity index is 440. The molecule has 1 nitrogen and oxygen atoms in total. The molecule has 0 aromatic heterocycles. The van der Waals surface area contributed by atoms with Crippen LogP contribution >= 0.6 is 0 Å². The van der Waals surface area contributed by atoms with E-state index in [1.807, 2.05) is 0 Å². The summed E-state index contributed by atoms with van der Waals surface area (Å²) in [6.07, 6.45) is 6.24. The van der Waals surface area contributed by atoms with Crippen molar-refractivity contribution in [1.82, 2.24) is 5.32 Å². The summed E-state index contributed by atoms with van der Waals surface area (Å²) >= 11 is 0. The molecule has 0 saturated carbocycles. The highest BCUT2D eigenvalue weighted by Gasteiger charge is 2.22. The van der Waals surface area contributed by atoms with E-state index in [2.05, 4.69) is 18.3 Å². The second kappa shape index (κ2) is 6.10. The maximum Gasteiger partial charge on any atom is 0.163 e. The monoisotopic (exact) mass is 251 g/mol. The van der Waals surface area contributed by atoms with Gasteiger partial charge in [0.1, 0.15) is 0 Å². The molecular weight excluding hydrogens is 232 g/mol. The minimum absolute atomic E-state index is 0.178. The summed E-state index contributed by atoms with van der Waals surface area (Å²) in [4.78, 5) is 0. The summed E-state index contributed by atoms with van der Waals surface area (Å²) in [6.45, 7) is 2.87. The topological polar surface area (TPSA) is 12.0 Å². The zero-order valence-electron chi connectivity index (χ0n) is 10.7. The third kappa shape index (κ3) is 2.78. The van der Waals surface area contributed by atoms with Crippen molar-refractivity contribution in [3.05, 3.63) is 47.0 Å². The number of hydrogen-bond donors (Lipinski definition) is 1. The molecule has 1 aliphatic carbocycles. The van der Waals surface area contributed by atoms with Gasteiger partial charge in [-0.1, -0.05) is 30.7 Å². The van der Waals surface area contributed by atoms with Crippen molar-refractivity contribution in [1.29, 1.82) is 0 Å². The van der Waals surface area contributed by atoms with Gasteiger partial charge < -0.3 is 5.32 Å².